The number of halogens is 1. The van der Waals surface area contributed by atoms with Gasteiger partial charge in [-0.3, -0.25) is 10.1 Å². The van der Waals surface area contributed by atoms with Gasteiger partial charge in [0.1, 0.15) is 11.4 Å². The largest absolute Gasteiger partial charge is 0.361 e. The van der Waals surface area contributed by atoms with Gasteiger partial charge in [0, 0.05) is 23.2 Å². The van der Waals surface area contributed by atoms with E-state index < -0.39 is 21.9 Å². The fourth-order valence-corrected chi connectivity index (χ4v) is 1.75. The van der Waals surface area contributed by atoms with Crippen LogP contribution in [0.2, 0.25) is 0 Å². The maximum atomic E-state index is 13.9. The highest BCUT2D eigenvalue weighted by Gasteiger charge is 2.28. The molecule has 114 valence electrons. The van der Waals surface area contributed by atoms with Crippen molar-refractivity contribution in [3.8, 4) is 6.07 Å². The van der Waals surface area contributed by atoms with Crippen molar-refractivity contribution in [2.24, 2.45) is 5.73 Å². The van der Waals surface area contributed by atoms with E-state index >= 15 is 0 Å². The number of nitro benzene ring substituents is 1. The van der Waals surface area contributed by atoms with Crippen molar-refractivity contribution in [1.82, 2.24) is 0 Å². The normalized spacial score (nSPS) is 14.3. The number of nitrogens with two attached hydrogens (primary N) is 1. The van der Waals surface area contributed by atoms with Crippen LogP contribution in [-0.2, 0) is 10.3 Å². The Balaban J connectivity index is 2.90. The first-order valence-electron chi connectivity index (χ1n) is 6.37. The molecule has 0 aliphatic rings. The highest BCUT2D eigenvalue weighted by atomic mass is 19.1. The van der Waals surface area contributed by atoms with Crippen molar-refractivity contribution < 1.29 is 14.1 Å². The summed E-state index contributed by atoms with van der Waals surface area (Å²) in [7, 11) is 0. The van der Waals surface area contributed by atoms with Crippen molar-refractivity contribution in [2.75, 3.05) is 6.61 Å². The molecule has 2 N–H and O–H groups in total. The summed E-state index contributed by atoms with van der Waals surface area (Å²) in [5.41, 5.74) is 3.78. The maximum Gasteiger partial charge on any atom is 0.269 e. The molecule has 0 fully saturated rings. The van der Waals surface area contributed by atoms with E-state index in [0.29, 0.717) is 0 Å². The van der Waals surface area contributed by atoms with Gasteiger partial charge in [0.05, 0.1) is 17.6 Å². The van der Waals surface area contributed by atoms with Crippen molar-refractivity contribution >= 4 is 5.69 Å². The first-order chi connectivity index (χ1) is 9.59. The van der Waals surface area contributed by atoms with Crippen molar-refractivity contribution in [1.29, 1.82) is 5.26 Å². The van der Waals surface area contributed by atoms with Crippen LogP contribution in [0.1, 0.15) is 32.8 Å². The van der Waals surface area contributed by atoms with Crippen LogP contribution in [0.15, 0.2) is 18.2 Å². The van der Waals surface area contributed by atoms with Gasteiger partial charge in [-0.05, 0) is 33.3 Å². The molecule has 6 nitrogen and oxygen atoms in total. The van der Waals surface area contributed by atoms with Crippen LogP contribution in [-0.4, -0.2) is 17.1 Å². The van der Waals surface area contributed by atoms with Crippen LogP contribution < -0.4 is 5.73 Å². The second kappa shape index (κ2) is 6.16. The predicted octanol–water partition coefficient (Wildman–Crippen LogP) is 2.62. The maximum absolute atomic E-state index is 13.9. The molecule has 1 aromatic carbocycles. The fourth-order valence-electron chi connectivity index (χ4n) is 1.75. The third-order valence-corrected chi connectivity index (χ3v) is 3.13. The number of hydrogen-bond acceptors (Lipinski definition) is 5. The Hall–Kier alpha value is -2.04. The number of nitro groups is 1. The monoisotopic (exact) mass is 295 g/mol. The van der Waals surface area contributed by atoms with E-state index in [1.807, 2.05) is 6.07 Å². The lowest BCUT2D eigenvalue weighted by Gasteiger charge is -2.27. The molecule has 0 amide bonds. The van der Waals surface area contributed by atoms with Crippen molar-refractivity contribution in [3.05, 3.63) is 39.7 Å². The Morgan fingerprint density at radius 1 is 1.48 bits per heavy atom. The van der Waals surface area contributed by atoms with E-state index in [9.17, 15) is 14.5 Å². The highest BCUT2D eigenvalue weighted by Crippen LogP contribution is 2.28. The van der Waals surface area contributed by atoms with Crippen molar-refractivity contribution in [2.45, 2.75) is 38.3 Å². The Bertz CT molecular complexity index is 579. The van der Waals surface area contributed by atoms with Crippen LogP contribution in [0.3, 0.4) is 0 Å². The van der Waals surface area contributed by atoms with E-state index in [4.69, 9.17) is 15.7 Å². The Morgan fingerprint density at radius 2 is 2.10 bits per heavy atom. The molecule has 1 atom stereocenters. The standard InChI is InChI=1S/C14H18FN3O3/c1-13(2,9-16)21-7-6-14(3,17)11-8-10(18(19)20)4-5-12(11)15/h4-5,8H,6-7,17H2,1-3H3. The van der Waals surface area contributed by atoms with Gasteiger partial charge in [0.2, 0.25) is 0 Å². The molecule has 1 aromatic rings. The number of nitrogens with zero attached hydrogens (tertiary/aromatic N) is 2. The third kappa shape index (κ3) is 4.48. The zero-order valence-corrected chi connectivity index (χ0v) is 12.2. The Morgan fingerprint density at radius 3 is 2.62 bits per heavy atom. The van der Waals surface area contributed by atoms with Gasteiger partial charge in [-0.15, -0.1) is 0 Å². The molecular weight excluding hydrogens is 277 g/mol. The van der Waals surface area contributed by atoms with Crippen LogP contribution in [0.5, 0.6) is 0 Å². The molecule has 0 saturated heterocycles. The summed E-state index contributed by atoms with van der Waals surface area (Å²) in [5, 5.41) is 19.6. The van der Waals surface area contributed by atoms with Crippen LogP contribution in [0.25, 0.3) is 0 Å². The number of ether oxygens (including phenoxy) is 1. The van der Waals surface area contributed by atoms with Crippen molar-refractivity contribution in [3.63, 3.8) is 0 Å². The Kier molecular flexibility index (Phi) is 4.99. The molecule has 1 rings (SSSR count). The lowest BCUT2D eigenvalue weighted by molar-refractivity contribution is -0.385. The molecule has 0 aromatic heterocycles. The second-order valence-electron chi connectivity index (χ2n) is 5.56. The Labute approximate surface area is 122 Å². The lowest BCUT2D eigenvalue weighted by Crippen LogP contribution is -2.36. The molecule has 21 heavy (non-hydrogen) atoms. The number of rotatable bonds is 6. The summed E-state index contributed by atoms with van der Waals surface area (Å²) < 4.78 is 19.2. The van der Waals surface area contributed by atoms with Crippen LogP contribution in [0.4, 0.5) is 10.1 Å². The van der Waals surface area contributed by atoms with Gasteiger partial charge in [-0.2, -0.15) is 5.26 Å². The van der Waals surface area contributed by atoms with Gasteiger partial charge < -0.3 is 10.5 Å². The number of nitriles is 1. The minimum atomic E-state index is -1.14. The fraction of sp³-hybridized carbons (Fsp3) is 0.500. The molecule has 0 radical (unpaired) electrons. The average Bonchev–Trinajstić information content (AvgIpc) is 2.38. The summed E-state index contributed by atoms with van der Waals surface area (Å²) in [4.78, 5) is 10.2. The van der Waals surface area contributed by atoms with Gasteiger partial charge >= 0.3 is 0 Å². The highest BCUT2D eigenvalue weighted by molar-refractivity contribution is 5.38. The summed E-state index contributed by atoms with van der Waals surface area (Å²) in [6.07, 6.45) is 0.218. The smallest absolute Gasteiger partial charge is 0.269 e. The SMILES string of the molecule is CC(C)(C#N)OCCC(C)(N)c1cc([N+](=O)[O-])ccc1F. The molecule has 0 heterocycles. The topological polar surface area (TPSA) is 102 Å². The first kappa shape index (κ1) is 17.0. The second-order valence-corrected chi connectivity index (χ2v) is 5.56. The van der Waals surface area contributed by atoms with Crippen LogP contribution >= 0.6 is 0 Å². The number of non-ortho nitro benzene ring substituents is 1. The van der Waals surface area contributed by atoms with Gasteiger partial charge in [-0.25, -0.2) is 4.39 Å². The predicted molar refractivity (Wildman–Crippen MR) is 74.9 cm³/mol. The molecule has 7 heteroatoms. The minimum Gasteiger partial charge on any atom is -0.361 e. The van der Waals surface area contributed by atoms with Gasteiger partial charge in [0.15, 0.2) is 0 Å². The van der Waals surface area contributed by atoms with Gasteiger partial charge in [0.25, 0.3) is 5.69 Å². The molecule has 0 bridgehead atoms. The number of benzene rings is 1. The van der Waals surface area contributed by atoms with Crippen LogP contribution in [0, 0.1) is 27.3 Å². The molecule has 0 saturated carbocycles. The van der Waals surface area contributed by atoms with E-state index in [2.05, 4.69) is 0 Å². The molecule has 1 unspecified atom stereocenters. The summed E-state index contributed by atoms with van der Waals surface area (Å²) in [6, 6.07) is 5.22. The quantitative estimate of drug-likeness (QED) is 0.642. The van der Waals surface area contributed by atoms with E-state index in [0.717, 1.165) is 18.2 Å². The van der Waals surface area contributed by atoms with Gasteiger partial charge in [-0.1, -0.05) is 0 Å². The van der Waals surface area contributed by atoms with E-state index in [1.54, 1.807) is 20.8 Å². The van der Waals surface area contributed by atoms with E-state index in [1.165, 1.54) is 0 Å². The minimum absolute atomic E-state index is 0.0510. The molecular formula is C14H18FN3O3. The summed E-state index contributed by atoms with van der Waals surface area (Å²) in [6.45, 7) is 4.91. The van der Waals surface area contributed by atoms with E-state index in [-0.39, 0.29) is 24.3 Å². The summed E-state index contributed by atoms with van der Waals surface area (Å²) in [5.74, 6) is -0.606. The zero-order chi connectivity index (χ0) is 16.3. The molecule has 0 aliphatic heterocycles. The third-order valence-electron chi connectivity index (χ3n) is 3.13. The molecule has 0 aliphatic carbocycles. The summed E-state index contributed by atoms with van der Waals surface area (Å²) >= 11 is 0. The average molecular weight is 295 g/mol. The zero-order valence-electron chi connectivity index (χ0n) is 12.2. The number of hydrogen-bond donors (Lipinski definition) is 1. The molecule has 0 spiro atoms. The lowest BCUT2D eigenvalue weighted by atomic mass is 9.89. The first-order valence-corrected chi connectivity index (χ1v) is 6.37.